The summed E-state index contributed by atoms with van der Waals surface area (Å²) < 4.78 is 11.3. The van der Waals surface area contributed by atoms with Gasteiger partial charge in [0.25, 0.3) is 5.91 Å². The minimum absolute atomic E-state index is 0.105. The van der Waals surface area contributed by atoms with Crippen LogP contribution in [0.15, 0.2) is 66.7 Å². The molecule has 0 unspecified atom stereocenters. The van der Waals surface area contributed by atoms with E-state index in [1.807, 2.05) is 47.4 Å². The zero-order valence-corrected chi connectivity index (χ0v) is 18.1. The molecule has 2 heterocycles. The Hall–Kier alpha value is -3.31. The van der Waals surface area contributed by atoms with Gasteiger partial charge >= 0.3 is 0 Å². The van der Waals surface area contributed by atoms with Crippen molar-refractivity contribution in [2.45, 2.75) is 25.3 Å². The summed E-state index contributed by atoms with van der Waals surface area (Å²) in [6, 6.07) is 22.3. The molecule has 5 nitrogen and oxygen atoms in total. The molecule has 164 valence electrons. The summed E-state index contributed by atoms with van der Waals surface area (Å²) in [5.41, 5.74) is 11.1. The van der Waals surface area contributed by atoms with Crippen molar-refractivity contribution in [3.05, 3.63) is 83.4 Å². The molecule has 1 fully saturated rings. The number of ether oxygens (including phenoxy) is 2. The van der Waals surface area contributed by atoms with Crippen LogP contribution in [0.3, 0.4) is 0 Å². The maximum absolute atomic E-state index is 13.1. The van der Waals surface area contributed by atoms with Gasteiger partial charge in [0.2, 0.25) is 0 Å². The summed E-state index contributed by atoms with van der Waals surface area (Å²) in [7, 11) is 0. The number of carbonyl (C=O) groups excluding carboxylic acids is 1. The zero-order chi connectivity index (χ0) is 21.9. The Balaban J connectivity index is 1.23. The standard InChI is InChI=1S/C27H28N2O3/c28-18-19-2-1-3-23(16-19)21-10-12-29(13-11-21)27(30)22-6-4-20(5-7-22)24-8-9-25-26(17-24)32-15-14-31-25/h1-9,16-17,21H,10-15,18,28H2. The Morgan fingerprint density at radius 3 is 2.34 bits per heavy atom. The van der Waals surface area contributed by atoms with Crippen molar-refractivity contribution in [1.82, 2.24) is 4.90 Å². The van der Waals surface area contributed by atoms with Crippen LogP contribution in [0.4, 0.5) is 0 Å². The summed E-state index contributed by atoms with van der Waals surface area (Å²) >= 11 is 0. The monoisotopic (exact) mass is 428 g/mol. The van der Waals surface area contributed by atoms with Gasteiger partial charge in [-0.25, -0.2) is 0 Å². The highest BCUT2D eigenvalue weighted by molar-refractivity contribution is 5.94. The second-order valence-corrected chi connectivity index (χ2v) is 8.45. The molecule has 1 amide bonds. The van der Waals surface area contributed by atoms with Crippen molar-refractivity contribution in [2.24, 2.45) is 5.73 Å². The number of likely N-dealkylation sites (tertiary alicyclic amines) is 1. The van der Waals surface area contributed by atoms with E-state index in [4.69, 9.17) is 15.2 Å². The number of rotatable bonds is 4. The Kier molecular flexibility index (Phi) is 5.82. The Morgan fingerprint density at radius 1 is 0.875 bits per heavy atom. The van der Waals surface area contributed by atoms with E-state index in [9.17, 15) is 4.79 Å². The summed E-state index contributed by atoms with van der Waals surface area (Å²) in [5, 5.41) is 0. The molecule has 2 aliphatic rings. The third-order valence-electron chi connectivity index (χ3n) is 6.45. The van der Waals surface area contributed by atoms with Crippen LogP contribution in [0.5, 0.6) is 11.5 Å². The van der Waals surface area contributed by atoms with Crippen molar-refractivity contribution in [3.63, 3.8) is 0 Å². The lowest BCUT2D eigenvalue weighted by atomic mass is 9.88. The number of hydrogen-bond donors (Lipinski definition) is 1. The highest BCUT2D eigenvalue weighted by Gasteiger charge is 2.24. The third-order valence-corrected chi connectivity index (χ3v) is 6.45. The molecule has 1 saturated heterocycles. The summed E-state index contributed by atoms with van der Waals surface area (Å²) in [4.78, 5) is 15.0. The van der Waals surface area contributed by atoms with Gasteiger partial charge in [-0.15, -0.1) is 0 Å². The van der Waals surface area contributed by atoms with E-state index in [1.54, 1.807) is 0 Å². The summed E-state index contributed by atoms with van der Waals surface area (Å²) in [6.07, 6.45) is 1.96. The fourth-order valence-corrected chi connectivity index (χ4v) is 4.60. The molecule has 0 atom stereocenters. The molecular formula is C27H28N2O3. The first-order valence-corrected chi connectivity index (χ1v) is 11.3. The average Bonchev–Trinajstić information content (AvgIpc) is 2.88. The lowest BCUT2D eigenvalue weighted by Crippen LogP contribution is -2.37. The first-order chi connectivity index (χ1) is 15.7. The van der Waals surface area contributed by atoms with Crippen LogP contribution >= 0.6 is 0 Å². The number of hydrogen-bond acceptors (Lipinski definition) is 4. The molecule has 0 radical (unpaired) electrons. The van der Waals surface area contributed by atoms with Gasteiger partial charge in [-0.3, -0.25) is 4.79 Å². The van der Waals surface area contributed by atoms with Gasteiger partial charge < -0.3 is 20.1 Å². The van der Waals surface area contributed by atoms with E-state index < -0.39 is 0 Å². The van der Waals surface area contributed by atoms with Gasteiger partial charge in [0.05, 0.1) is 0 Å². The molecule has 3 aromatic rings. The molecule has 5 heteroatoms. The highest BCUT2D eigenvalue weighted by atomic mass is 16.6. The van der Waals surface area contributed by atoms with Crippen molar-refractivity contribution >= 4 is 5.91 Å². The normalized spacial score (nSPS) is 16.1. The lowest BCUT2D eigenvalue weighted by Gasteiger charge is -2.32. The number of fused-ring (bicyclic) bond motifs is 1. The number of nitrogens with two attached hydrogens (primary N) is 1. The molecule has 0 aliphatic carbocycles. The topological polar surface area (TPSA) is 64.8 Å². The number of benzene rings is 3. The van der Waals surface area contributed by atoms with E-state index in [0.717, 1.165) is 54.1 Å². The largest absolute Gasteiger partial charge is 0.486 e. The minimum Gasteiger partial charge on any atom is -0.486 e. The molecule has 3 aromatic carbocycles. The highest BCUT2D eigenvalue weighted by Crippen LogP contribution is 2.35. The van der Waals surface area contributed by atoms with Crippen molar-refractivity contribution in [3.8, 4) is 22.6 Å². The van der Waals surface area contributed by atoms with Crippen molar-refractivity contribution < 1.29 is 14.3 Å². The summed E-state index contributed by atoms with van der Waals surface area (Å²) in [6.45, 7) is 3.27. The SMILES string of the molecule is NCc1cccc(C2CCN(C(=O)c3ccc(-c4ccc5c(c4)OCCO5)cc3)CC2)c1. The molecule has 2 aliphatic heterocycles. The van der Waals surface area contributed by atoms with Gasteiger partial charge in [-0.05, 0) is 65.3 Å². The number of amides is 1. The maximum atomic E-state index is 13.1. The Bertz CT molecular complexity index is 1100. The van der Waals surface area contributed by atoms with Gasteiger partial charge in [-0.2, -0.15) is 0 Å². The molecule has 0 spiro atoms. The third kappa shape index (κ3) is 4.21. The Morgan fingerprint density at radius 2 is 1.59 bits per heavy atom. The molecule has 2 N–H and O–H groups in total. The summed E-state index contributed by atoms with van der Waals surface area (Å²) in [5.74, 6) is 2.15. The van der Waals surface area contributed by atoms with Crippen LogP contribution in [-0.4, -0.2) is 37.1 Å². The van der Waals surface area contributed by atoms with Crippen LogP contribution in [0.2, 0.25) is 0 Å². The van der Waals surface area contributed by atoms with Gasteiger partial charge in [-0.1, -0.05) is 42.5 Å². The molecular weight excluding hydrogens is 400 g/mol. The van der Waals surface area contributed by atoms with Crippen LogP contribution in [-0.2, 0) is 6.54 Å². The van der Waals surface area contributed by atoms with Gasteiger partial charge in [0.1, 0.15) is 13.2 Å². The quantitative estimate of drug-likeness (QED) is 0.659. The average molecular weight is 429 g/mol. The second kappa shape index (κ2) is 9.05. The van der Waals surface area contributed by atoms with E-state index in [-0.39, 0.29) is 5.91 Å². The van der Waals surface area contributed by atoms with E-state index in [1.165, 1.54) is 11.1 Å². The second-order valence-electron chi connectivity index (χ2n) is 8.45. The lowest BCUT2D eigenvalue weighted by molar-refractivity contribution is 0.0713. The van der Waals surface area contributed by atoms with Gasteiger partial charge in [0, 0.05) is 25.2 Å². The van der Waals surface area contributed by atoms with E-state index >= 15 is 0 Å². The fraction of sp³-hybridized carbons (Fsp3) is 0.296. The molecule has 0 saturated carbocycles. The fourth-order valence-electron chi connectivity index (χ4n) is 4.60. The predicted octanol–water partition coefficient (Wildman–Crippen LogP) is 4.60. The van der Waals surface area contributed by atoms with Crippen LogP contribution < -0.4 is 15.2 Å². The van der Waals surface area contributed by atoms with Crippen LogP contribution in [0.1, 0.15) is 40.2 Å². The van der Waals surface area contributed by atoms with Crippen LogP contribution in [0.25, 0.3) is 11.1 Å². The maximum Gasteiger partial charge on any atom is 0.253 e. The molecule has 0 aromatic heterocycles. The van der Waals surface area contributed by atoms with Crippen LogP contribution in [0, 0.1) is 0 Å². The minimum atomic E-state index is 0.105. The number of piperidine rings is 1. The molecule has 32 heavy (non-hydrogen) atoms. The van der Waals surface area contributed by atoms with Crippen molar-refractivity contribution in [2.75, 3.05) is 26.3 Å². The first kappa shape index (κ1) is 20.6. The molecule has 0 bridgehead atoms. The van der Waals surface area contributed by atoms with Gasteiger partial charge in [0.15, 0.2) is 11.5 Å². The number of carbonyl (C=O) groups is 1. The van der Waals surface area contributed by atoms with Crippen molar-refractivity contribution in [1.29, 1.82) is 0 Å². The Labute approximate surface area is 188 Å². The zero-order valence-electron chi connectivity index (χ0n) is 18.1. The van der Waals surface area contributed by atoms with E-state index in [2.05, 4.69) is 24.3 Å². The number of nitrogens with zero attached hydrogens (tertiary/aromatic N) is 1. The smallest absolute Gasteiger partial charge is 0.253 e. The van der Waals surface area contributed by atoms with E-state index in [0.29, 0.717) is 25.7 Å². The first-order valence-electron chi connectivity index (χ1n) is 11.3. The molecule has 5 rings (SSSR count). The predicted molar refractivity (Wildman–Crippen MR) is 125 cm³/mol.